The molecule has 4 nitrogen and oxygen atoms in total. The minimum absolute atomic E-state index is 0.00779. The number of benzene rings is 2. The van der Waals surface area contributed by atoms with E-state index < -0.39 is 0 Å². The molecular formula is C20H25N3O. The van der Waals surface area contributed by atoms with Crippen LogP contribution in [-0.2, 0) is 17.8 Å². The molecule has 0 aliphatic carbocycles. The van der Waals surface area contributed by atoms with Gasteiger partial charge in [0.15, 0.2) is 0 Å². The zero-order valence-corrected chi connectivity index (χ0v) is 14.3. The Kier molecular flexibility index (Phi) is 5.28. The Balaban J connectivity index is 1.64. The lowest BCUT2D eigenvalue weighted by Crippen LogP contribution is -2.34. The summed E-state index contributed by atoms with van der Waals surface area (Å²) in [5, 5.41) is 3.07. The van der Waals surface area contributed by atoms with Crippen LogP contribution in [0.15, 0.2) is 48.5 Å². The SMILES string of the molecule is CCc1ccc(C2NNCC2C(=O)NCc2cccc(C)c2)cc1. The summed E-state index contributed by atoms with van der Waals surface area (Å²) < 4.78 is 0. The Morgan fingerprint density at radius 2 is 1.96 bits per heavy atom. The van der Waals surface area contributed by atoms with E-state index in [1.165, 1.54) is 11.1 Å². The number of hydrogen-bond donors (Lipinski definition) is 3. The van der Waals surface area contributed by atoms with Crippen molar-refractivity contribution in [2.24, 2.45) is 5.92 Å². The number of hydrogen-bond acceptors (Lipinski definition) is 3. The molecule has 2 atom stereocenters. The van der Waals surface area contributed by atoms with E-state index in [9.17, 15) is 4.79 Å². The van der Waals surface area contributed by atoms with Crippen molar-refractivity contribution in [2.45, 2.75) is 32.9 Å². The zero-order valence-electron chi connectivity index (χ0n) is 14.3. The highest BCUT2D eigenvalue weighted by Crippen LogP contribution is 2.25. The second-order valence-corrected chi connectivity index (χ2v) is 6.41. The van der Waals surface area contributed by atoms with Crippen molar-refractivity contribution >= 4 is 5.91 Å². The van der Waals surface area contributed by atoms with Crippen LogP contribution in [0.5, 0.6) is 0 Å². The predicted molar refractivity (Wildman–Crippen MR) is 96.2 cm³/mol. The zero-order chi connectivity index (χ0) is 16.9. The third kappa shape index (κ3) is 3.83. The quantitative estimate of drug-likeness (QED) is 0.793. The lowest BCUT2D eigenvalue weighted by Gasteiger charge is -2.19. The van der Waals surface area contributed by atoms with Crippen molar-refractivity contribution in [3.05, 3.63) is 70.8 Å². The Labute approximate surface area is 143 Å². The van der Waals surface area contributed by atoms with Gasteiger partial charge in [0.2, 0.25) is 5.91 Å². The van der Waals surface area contributed by atoms with Gasteiger partial charge in [-0.25, -0.2) is 5.43 Å². The average Bonchev–Trinajstić information content (AvgIpc) is 3.09. The Morgan fingerprint density at radius 1 is 1.17 bits per heavy atom. The first-order chi connectivity index (χ1) is 11.7. The molecule has 1 saturated heterocycles. The van der Waals surface area contributed by atoms with Crippen LogP contribution in [-0.4, -0.2) is 12.5 Å². The average molecular weight is 323 g/mol. The van der Waals surface area contributed by atoms with Gasteiger partial charge in [-0.05, 0) is 30.0 Å². The predicted octanol–water partition coefficient (Wildman–Crippen LogP) is 2.64. The van der Waals surface area contributed by atoms with Gasteiger partial charge >= 0.3 is 0 Å². The summed E-state index contributed by atoms with van der Waals surface area (Å²) >= 11 is 0. The van der Waals surface area contributed by atoms with Crippen LogP contribution < -0.4 is 16.2 Å². The van der Waals surface area contributed by atoms with Crippen molar-refractivity contribution in [3.8, 4) is 0 Å². The molecule has 1 aliphatic heterocycles. The van der Waals surface area contributed by atoms with Crippen molar-refractivity contribution in [2.75, 3.05) is 6.54 Å². The molecule has 4 heteroatoms. The summed E-state index contributed by atoms with van der Waals surface area (Å²) in [5.41, 5.74) is 11.2. The fourth-order valence-corrected chi connectivity index (χ4v) is 3.16. The third-order valence-electron chi connectivity index (χ3n) is 4.61. The second-order valence-electron chi connectivity index (χ2n) is 6.41. The minimum atomic E-state index is -0.109. The first-order valence-corrected chi connectivity index (χ1v) is 8.58. The third-order valence-corrected chi connectivity index (χ3v) is 4.61. The van der Waals surface area contributed by atoms with Crippen LogP contribution in [0, 0.1) is 12.8 Å². The highest BCUT2D eigenvalue weighted by Gasteiger charge is 2.33. The van der Waals surface area contributed by atoms with Crippen LogP contribution >= 0.6 is 0 Å². The maximum atomic E-state index is 12.6. The molecule has 1 heterocycles. The molecule has 2 aromatic carbocycles. The highest BCUT2D eigenvalue weighted by atomic mass is 16.2. The monoisotopic (exact) mass is 323 g/mol. The van der Waals surface area contributed by atoms with Gasteiger partial charge in [0, 0.05) is 13.1 Å². The van der Waals surface area contributed by atoms with Crippen molar-refractivity contribution in [3.63, 3.8) is 0 Å². The normalized spacial score (nSPS) is 20.1. The molecule has 2 unspecified atom stereocenters. The fourth-order valence-electron chi connectivity index (χ4n) is 3.16. The topological polar surface area (TPSA) is 53.2 Å². The first kappa shape index (κ1) is 16.7. The van der Waals surface area contributed by atoms with Gasteiger partial charge in [0.1, 0.15) is 0 Å². The number of hydrazine groups is 1. The van der Waals surface area contributed by atoms with E-state index in [1.54, 1.807) is 0 Å². The van der Waals surface area contributed by atoms with Crippen LogP contribution in [0.3, 0.4) is 0 Å². The van der Waals surface area contributed by atoms with Crippen LogP contribution in [0.25, 0.3) is 0 Å². The maximum Gasteiger partial charge on any atom is 0.226 e. The first-order valence-electron chi connectivity index (χ1n) is 8.58. The standard InChI is InChI=1S/C20H25N3O/c1-3-15-7-9-17(10-8-15)19-18(13-22-23-19)20(24)21-12-16-6-4-5-14(2)11-16/h4-11,18-19,22-23H,3,12-13H2,1-2H3,(H,21,24). The van der Waals surface area contributed by atoms with E-state index in [1.807, 2.05) is 12.1 Å². The largest absolute Gasteiger partial charge is 0.352 e. The summed E-state index contributed by atoms with van der Waals surface area (Å²) in [6, 6.07) is 16.7. The molecule has 3 N–H and O–H groups in total. The lowest BCUT2D eigenvalue weighted by molar-refractivity contribution is -0.125. The van der Waals surface area contributed by atoms with Crippen molar-refractivity contribution in [1.29, 1.82) is 0 Å². The van der Waals surface area contributed by atoms with Gasteiger partial charge in [0.25, 0.3) is 0 Å². The molecule has 0 saturated carbocycles. The molecule has 1 aliphatic rings. The number of amides is 1. The molecule has 126 valence electrons. The summed E-state index contributed by atoms with van der Waals surface area (Å²) in [6.07, 6.45) is 1.02. The summed E-state index contributed by atoms with van der Waals surface area (Å²) in [7, 11) is 0. The molecule has 1 amide bonds. The Bertz CT molecular complexity index is 696. The van der Waals surface area contributed by atoms with Gasteiger partial charge < -0.3 is 5.32 Å². The molecule has 1 fully saturated rings. The molecule has 0 spiro atoms. The lowest BCUT2D eigenvalue weighted by atomic mass is 9.93. The maximum absolute atomic E-state index is 12.6. The van der Waals surface area contributed by atoms with E-state index in [0.29, 0.717) is 13.1 Å². The van der Waals surface area contributed by atoms with Crippen LogP contribution in [0.4, 0.5) is 0 Å². The van der Waals surface area contributed by atoms with Gasteiger partial charge in [-0.3, -0.25) is 10.2 Å². The number of rotatable bonds is 5. The number of carbonyl (C=O) groups is 1. The Hall–Kier alpha value is -2.17. The van der Waals surface area contributed by atoms with E-state index in [2.05, 4.69) is 66.4 Å². The highest BCUT2D eigenvalue weighted by molar-refractivity contribution is 5.80. The van der Waals surface area contributed by atoms with Gasteiger partial charge in [-0.15, -0.1) is 0 Å². The van der Waals surface area contributed by atoms with E-state index >= 15 is 0 Å². The van der Waals surface area contributed by atoms with Gasteiger partial charge in [-0.1, -0.05) is 61.0 Å². The van der Waals surface area contributed by atoms with Crippen LogP contribution in [0.2, 0.25) is 0 Å². The molecule has 2 aromatic rings. The number of nitrogens with one attached hydrogen (secondary N) is 3. The smallest absolute Gasteiger partial charge is 0.226 e. The van der Waals surface area contributed by atoms with E-state index in [-0.39, 0.29) is 17.9 Å². The van der Waals surface area contributed by atoms with Crippen LogP contribution in [0.1, 0.15) is 35.2 Å². The summed E-state index contributed by atoms with van der Waals surface area (Å²) in [5.74, 6) is -0.0270. The molecule has 0 aromatic heterocycles. The van der Waals surface area contributed by atoms with E-state index in [4.69, 9.17) is 0 Å². The minimum Gasteiger partial charge on any atom is -0.352 e. The van der Waals surface area contributed by atoms with Gasteiger partial charge in [-0.2, -0.15) is 0 Å². The molecule has 0 radical (unpaired) electrons. The summed E-state index contributed by atoms with van der Waals surface area (Å²) in [6.45, 7) is 5.41. The number of carbonyl (C=O) groups excluding carboxylic acids is 1. The molecular weight excluding hydrogens is 298 g/mol. The van der Waals surface area contributed by atoms with Gasteiger partial charge in [0.05, 0.1) is 12.0 Å². The molecule has 0 bridgehead atoms. The molecule has 24 heavy (non-hydrogen) atoms. The summed E-state index contributed by atoms with van der Waals surface area (Å²) in [4.78, 5) is 12.6. The Morgan fingerprint density at radius 3 is 2.67 bits per heavy atom. The van der Waals surface area contributed by atoms with E-state index in [0.717, 1.165) is 17.5 Å². The van der Waals surface area contributed by atoms with Crippen molar-refractivity contribution < 1.29 is 4.79 Å². The molecule has 3 rings (SSSR count). The number of aryl methyl sites for hydroxylation is 2. The fraction of sp³-hybridized carbons (Fsp3) is 0.350. The van der Waals surface area contributed by atoms with Crippen molar-refractivity contribution in [1.82, 2.24) is 16.2 Å². The second kappa shape index (κ2) is 7.60.